The van der Waals surface area contributed by atoms with Crippen LogP contribution in [0.1, 0.15) is 5.56 Å². The molecule has 6 nitrogen and oxygen atoms in total. The Morgan fingerprint density at radius 2 is 2.29 bits per heavy atom. The minimum atomic E-state index is -3.33. The lowest BCUT2D eigenvalue weighted by Crippen LogP contribution is -2.10. The molecule has 0 bridgehead atoms. The van der Waals surface area contributed by atoms with Crippen LogP contribution in [0.15, 0.2) is 18.3 Å². The Bertz CT molecular complexity index is 697. The maximum Gasteiger partial charge on any atom is 0.229 e. The lowest BCUT2D eigenvalue weighted by Gasteiger charge is -2.06. The van der Waals surface area contributed by atoms with Gasteiger partial charge in [-0.3, -0.25) is 9.82 Å². The van der Waals surface area contributed by atoms with Gasteiger partial charge in [-0.25, -0.2) is 8.42 Å². The van der Waals surface area contributed by atoms with Gasteiger partial charge in [-0.1, -0.05) is 6.07 Å². The van der Waals surface area contributed by atoms with Crippen LogP contribution in [0.3, 0.4) is 0 Å². The molecule has 0 aliphatic carbocycles. The fraction of sp³-hybridized carbons (Fsp3) is 0.200. The van der Waals surface area contributed by atoms with Crippen LogP contribution in [0.25, 0.3) is 10.9 Å². The van der Waals surface area contributed by atoms with E-state index in [0.717, 1.165) is 17.2 Å². The van der Waals surface area contributed by atoms with E-state index in [1.807, 2.05) is 0 Å². The number of nitrogens with one attached hydrogen (secondary N) is 2. The summed E-state index contributed by atoms with van der Waals surface area (Å²) in [4.78, 5) is 0. The van der Waals surface area contributed by atoms with E-state index >= 15 is 0 Å². The quantitative estimate of drug-likeness (QED) is 0.848. The van der Waals surface area contributed by atoms with Crippen LogP contribution in [-0.2, 0) is 16.4 Å². The number of hydrogen-bond acceptors (Lipinski definition) is 4. The lowest BCUT2D eigenvalue weighted by molar-refractivity contribution is 0.607. The van der Waals surface area contributed by atoms with Crippen molar-refractivity contribution in [1.29, 1.82) is 5.26 Å². The topological polar surface area (TPSA) is 98.6 Å². The molecular weight excluding hydrogens is 240 g/mol. The highest BCUT2D eigenvalue weighted by Gasteiger charge is 2.10. The smallest absolute Gasteiger partial charge is 0.229 e. The number of rotatable bonds is 3. The van der Waals surface area contributed by atoms with Crippen LogP contribution in [0.5, 0.6) is 0 Å². The predicted molar refractivity (Wildman–Crippen MR) is 63.9 cm³/mol. The Morgan fingerprint density at radius 3 is 2.94 bits per heavy atom. The molecule has 0 fully saturated rings. The molecule has 0 amide bonds. The van der Waals surface area contributed by atoms with E-state index in [-0.39, 0.29) is 6.42 Å². The van der Waals surface area contributed by atoms with E-state index in [1.165, 1.54) is 0 Å². The Morgan fingerprint density at radius 1 is 1.53 bits per heavy atom. The van der Waals surface area contributed by atoms with Crippen molar-refractivity contribution in [3.8, 4) is 6.07 Å². The third kappa shape index (κ3) is 2.37. The summed E-state index contributed by atoms with van der Waals surface area (Å²) in [6, 6.07) is 5.39. The van der Waals surface area contributed by atoms with Gasteiger partial charge in [-0.15, -0.1) is 0 Å². The Kier molecular flexibility index (Phi) is 2.73. The molecule has 0 aliphatic heterocycles. The first-order chi connectivity index (χ1) is 8.01. The van der Waals surface area contributed by atoms with E-state index in [9.17, 15) is 8.42 Å². The number of fused-ring (bicyclic) bond motifs is 1. The fourth-order valence-electron chi connectivity index (χ4n) is 1.62. The van der Waals surface area contributed by atoms with Gasteiger partial charge in [-0.05, 0) is 11.6 Å². The zero-order valence-electron chi connectivity index (χ0n) is 9.06. The van der Waals surface area contributed by atoms with Crippen molar-refractivity contribution in [2.45, 2.75) is 6.42 Å². The van der Waals surface area contributed by atoms with E-state index in [0.29, 0.717) is 11.2 Å². The highest BCUT2D eigenvalue weighted by molar-refractivity contribution is 7.92. The molecule has 2 rings (SSSR count). The molecule has 88 valence electrons. The largest absolute Gasteiger partial charge is 0.282 e. The molecule has 0 spiro atoms. The average Bonchev–Trinajstić information content (AvgIpc) is 2.69. The van der Waals surface area contributed by atoms with Crippen LogP contribution in [0.4, 0.5) is 5.69 Å². The minimum absolute atomic E-state index is 0.259. The number of hydrogen-bond donors (Lipinski definition) is 2. The van der Waals surface area contributed by atoms with Gasteiger partial charge in [-0.2, -0.15) is 10.4 Å². The molecule has 1 aromatic heterocycles. The summed E-state index contributed by atoms with van der Waals surface area (Å²) >= 11 is 0. The number of H-pyrrole nitrogens is 1. The van der Waals surface area contributed by atoms with E-state index in [1.54, 1.807) is 18.3 Å². The maximum atomic E-state index is 11.2. The molecule has 0 aliphatic rings. The number of aromatic nitrogens is 2. The van der Waals surface area contributed by atoms with Gasteiger partial charge < -0.3 is 0 Å². The standard InChI is InChI=1S/C10H10N4O2S/c1-17(15,16)14-9-3-2-7(4-5-11)8-6-12-13-10(8)9/h2-3,6,14H,4H2,1H3,(H,12,13). The van der Waals surface area contributed by atoms with Gasteiger partial charge in [0.15, 0.2) is 0 Å². The Hall–Kier alpha value is -2.07. The van der Waals surface area contributed by atoms with Crippen LogP contribution in [-0.4, -0.2) is 24.9 Å². The number of benzene rings is 1. The maximum absolute atomic E-state index is 11.2. The molecule has 0 radical (unpaired) electrons. The SMILES string of the molecule is CS(=O)(=O)Nc1ccc(CC#N)c2cn[nH]c12. The first-order valence-electron chi connectivity index (χ1n) is 4.81. The second-order valence-electron chi connectivity index (χ2n) is 3.64. The van der Waals surface area contributed by atoms with Crippen molar-refractivity contribution >= 4 is 26.6 Å². The van der Waals surface area contributed by atoms with Gasteiger partial charge in [0.2, 0.25) is 10.0 Å². The number of nitriles is 1. The second-order valence-corrected chi connectivity index (χ2v) is 5.39. The highest BCUT2D eigenvalue weighted by Crippen LogP contribution is 2.25. The Labute approximate surface area is 98.3 Å². The van der Waals surface area contributed by atoms with E-state index < -0.39 is 10.0 Å². The third-order valence-corrected chi connectivity index (χ3v) is 2.86. The second kappa shape index (κ2) is 4.07. The fourth-order valence-corrected chi connectivity index (χ4v) is 2.19. The van der Waals surface area contributed by atoms with Gasteiger partial charge in [0, 0.05) is 5.39 Å². The van der Waals surface area contributed by atoms with Crippen molar-refractivity contribution in [1.82, 2.24) is 10.2 Å². The zero-order chi connectivity index (χ0) is 12.5. The minimum Gasteiger partial charge on any atom is -0.282 e. The molecule has 2 N–H and O–H groups in total. The first-order valence-corrected chi connectivity index (χ1v) is 6.70. The first kappa shape index (κ1) is 11.4. The molecule has 0 unspecified atom stereocenters. The normalized spacial score (nSPS) is 11.3. The van der Waals surface area contributed by atoms with Crippen LogP contribution in [0.2, 0.25) is 0 Å². The monoisotopic (exact) mass is 250 g/mol. The summed E-state index contributed by atoms with van der Waals surface area (Å²) in [5.41, 5.74) is 1.83. The molecule has 0 saturated carbocycles. The van der Waals surface area contributed by atoms with Gasteiger partial charge in [0.25, 0.3) is 0 Å². The summed E-state index contributed by atoms with van der Waals surface area (Å²) in [5.74, 6) is 0. The lowest BCUT2D eigenvalue weighted by atomic mass is 10.1. The number of nitrogens with zero attached hydrogens (tertiary/aromatic N) is 2. The molecule has 0 saturated heterocycles. The van der Waals surface area contributed by atoms with Crippen molar-refractivity contribution in [2.75, 3.05) is 11.0 Å². The van der Waals surface area contributed by atoms with Crippen LogP contribution < -0.4 is 4.72 Å². The van der Waals surface area contributed by atoms with Gasteiger partial charge in [0.05, 0.1) is 36.1 Å². The summed E-state index contributed by atoms with van der Waals surface area (Å²) in [5, 5.41) is 16.0. The molecule has 7 heteroatoms. The summed E-state index contributed by atoms with van der Waals surface area (Å²) in [6.07, 6.45) is 2.92. The summed E-state index contributed by atoms with van der Waals surface area (Å²) in [7, 11) is -3.33. The van der Waals surface area contributed by atoms with E-state index in [4.69, 9.17) is 5.26 Å². The molecule has 1 heterocycles. The van der Waals surface area contributed by atoms with Crippen molar-refractivity contribution in [3.05, 3.63) is 23.9 Å². The number of aromatic amines is 1. The van der Waals surface area contributed by atoms with Crippen LogP contribution >= 0.6 is 0 Å². The van der Waals surface area contributed by atoms with Crippen molar-refractivity contribution < 1.29 is 8.42 Å². The van der Waals surface area contributed by atoms with Crippen molar-refractivity contribution in [3.63, 3.8) is 0 Å². The number of anilines is 1. The number of sulfonamides is 1. The summed E-state index contributed by atoms with van der Waals surface area (Å²) < 4.78 is 24.8. The van der Waals surface area contributed by atoms with Crippen molar-refractivity contribution in [2.24, 2.45) is 0 Å². The van der Waals surface area contributed by atoms with E-state index in [2.05, 4.69) is 21.0 Å². The Balaban J connectivity index is 2.58. The predicted octanol–water partition coefficient (Wildman–Crippen LogP) is 1.00. The molecule has 17 heavy (non-hydrogen) atoms. The molecule has 1 aromatic carbocycles. The summed E-state index contributed by atoms with van der Waals surface area (Å²) in [6.45, 7) is 0. The molecular formula is C10H10N4O2S. The average molecular weight is 250 g/mol. The van der Waals surface area contributed by atoms with Crippen LogP contribution in [0, 0.1) is 11.3 Å². The zero-order valence-corrected chi connectivity index (χ0v) is 9.87. The van der Waals surface area contributed by atoms with Gasteiger partial charge >= 0.3 is 0 Å². The molecule has 0 atom stereocenters. The molecule has 2 aromatic rings. The third-order valence-electron chi connectivity index (χ3n) is 2.27. The highest BCUT2D eigenvalue weighted by atomic mass is 32.2. The van der Waals surface area contributed by atoms with Gasteiger partial charge in [0.1, 0.15) is 0 Å².